The van der Waals surface area contributed by atoms with Crippen molar-refractivity contribution in [2.75, 3.05) is 12.8 Å². The van der Waals surface area contributed by atoms with Gasteiger partial charge in [0.05, 0.1) is 24.2 Å². The van der Waals surface area contributed by atoms with Gasteiger partial charge in [0.1, 0.15) is 0 Å². The van der Waals surface area contributed by atoms with Crippen molar-refractivity contribution in [3.8, 4) is 5.88 Å². The minimum Gasteiger partial charge on any atom is -0.481 e. The van der Waals surface area contributed by atoms with Crippen molar-refractivity contribution in [3.05, 3.63) is 42.2 Å². The van der Waals surface area contributed by atoms with Gasteiger partial charge < -0.3 is 10.5 Å². The molecule has 2 aromatic heterocycles. The maximum absolute atomic E-state index is 12.2. The molecule has 0 radical (unpaired) electrons. The SMILES string of the molecule is COc1cccc(CS(=O)(=O)c2ncccc2N)n1. The van der Waals surface area contributed by atoms with E-state index in [2.05, 4.69) is 9.97 Å². The number of hydrogen-bond donors (Lipinski definition) is 1. The number of methoxy groups -OCH3 is 1. The Morgan fingerprint density at radius 1 is 1.26 bits per heavy atom. The van der Waals surface area contributed by atoms with Crippen molar-refractivity contribution in [2.45, 2.75) is 10.8 Å². The van der Waals surface area contributed by atoms with E-state index in [1.165, 1.54) is 19.4 Å². The molecule has 0 unspecified atom stereocenters. The van der Waals surface area contributed by atoms with Crippen molar-refractivity contribution in [1.82, 2.24) is 9.97 Å². The quantitative estimate of drug-likeness (QED) is 0.898. The summed E-state index contributed by atoms with van der Waals surface area (Å²) in [6, 6.07) is 8.01. The zero-order valence-corrected chi connectivity index (χ0v) is 11.1. The van der Waals surface area contributed by atoms with Gasteiger partial charge in [0.25, 0.3) is 0 Å². The number of ether oxygens (including phenoxy) is 1. The summed E-state index contributed by atoms with van der Waals surface area (Å²) in [5.41, 5.74) is 6.14. The second-order valence-corrected chi connectivity index (χ2v) is 5.73. The first-order valence-electron chi connectivity index (χ1n) is 5.46. The first-order valence-corrected chi connectivity index (χ1v) is 7.11. The summed E-state index contributed by atoms with van der Waals surface area (Å²) < 4.78 is 29.3. The predicted octanol–water partition coefficient (Wildman–Crippen LogP) is 1.04. The van der Waals surface area contributed by atoms with Crippen molar-refractivity contribution < 1.29 is 13.2 Å². The maximum atomic E-state index is 12.2. The van der Waals surface area contributed by atoms with Gasteiger partial charge in [0.2, 0.25) is 15.7 Å². The predicted molar refractivity (Wildman–Crippen MR) is 70.3 cm³/mol. The number of pyridine rings is 2. The Bertz CT molecular complexity index is 686. The van der Waals surface area contributed by atoms with E-state index >= 15 is 0 Å². The third-order valence-corrected chi connectivity index (χ3v) is 4.03. The van der Waals surface area contributed by atoms with Crippen LogP contribution in [0.1, 0.15) is 5.69 Å². The molecule has 2 rings (SSSR count). The zero-order valence-electron chi connectivity index (χ0n) is 10.3. The van der Waals surface area contributed by atoms with Crippen molar-refractivity contribution in [3.63, 3.8) is 0 Å². The minimum absolute atomic E-state index is 0.125. The van der Waals surface area contributed by atoms with Gasteiger partial charge in [-0.3, -0.25) is 0 Å². The van der Waals surface area contributed by atoms with Crippen LogP contribution in [-0.4, -0.2) is 25.5 Å². The molecule has 2 aromatic rings. The Labute approximate surface area is 111 Å². The molecule has 0 aliphatic heterocycles. The average Bonchev–Trinajstić information content (AvgIpc) is 2.38. The highest BCUT2D eigenvalue weighted by Gasteiger charge is 2.20. The van der Waals surface area contributed by atoms with Crippen LogP contribution in [0.4, 0.5) is 5.69 Å². The normalized spacial score (nSPS) is 11.2. The molecular weight excluding hydrogens is 266 g/mol. The molecule has 2 heterocycles. The van der Waals surface area contributed by atoms with Crippen LogP contribution in [0.15, 0.2) is 41.6 Å². The maximum Gasteiger partial charge on any atom is 0.213 e. The lowest BCUT2D eigenvalue weighted by molar-refractivity contribution is 0.396. The van der Waals surface area contributed by atoms with Crippen LogP contribution in [0.25, 0.3) is 0 Å². The molecular formula is C12H13N3O3S. The summed E-state index contributed by atoms with van der Waals surface area (Å²) in [5, 5.41) is -0.125. The van der Waals surface area contributed by atoms with E-state index in [1.807, 2.05) is 0 Å². The van der Waals surface area contributed by atoms with E-state index in [4.69, 9.17) is 10.5 Å². The van der Waals surface area contributed by atoms with Gasteiger partial charge >= 0.3 is 0 Å². The summed E-state index contributed by atoms with van der Waals surface area (Å²) in [7, 11) is -2.15. The molecule has 0 atom stereocenters. The molecule has 19 heavy (non-hydrogen) atoms. The van der Waals surface area contributed by atoms with Gasteiger partial charge in [-0.1, -0.05) is 6.07 Å². The molecule has 0 aromatic carbocycles. The highest BCUT2D eigenvalue weighted by Crippen LogP contribution is 2.19. The Balaban J connectivity index is 2.34. The fourth-order valence-electron chi connectivity index (χ4n) is 1.58. The van der Waals surface area contributed by atoms with E-state index in [0.717, 1.165) is 0 Å². The van der Waals surface area contributed by atoms with Crippen molar-refractivity contribution >= 4 is 15.5 Å². The number of sulfone groups is 1. The molecule has 0 amide bonds. The first-order chi connectivity index (χ1) is 9.03. The number of nitrogens with two attached hydrogens (primary N) is 1. The van der Waals surface area contributed by atoms with Crippen LogP contribution >= 0.6 is 0 Å². The van der Waals surface area contributed by atoms with Gasteiger partial charge in [-0.2, -0.15) is 0 Å². The number of nitrogens with zero attached hydrogens (tertiary/aromatic N) is 2. The molecule has 0 fully saturated rings. The second-order valence-electron chi connectivity index (χ2n) is 3.83. The first kappa shape index (κ1) is 13.3. The summed E-state index contributed by atoms with van der Waals surface area (Å²) in [6.07, 6.45) is 1.39. The molecule has 100 valence electrons. The molecule has 0 spiro atoms. The van der Waals surface area contributed by atoms with E-state index in [9.17, 15) is 8.42 Å². The summed E-state index contributed by atoms with van der Waals surface area (Å²) in [4.78, 5) is 7.88. The van der Waals surface area contributed by atoms with Gasteiger partial charge in [0, 0.05) is 12.3 Å². The van der Waals surface area contributed by atoms with E-state index < -0.39 is 9.84 Å². The van der Waals surface area contributed by atoms with Crippen LogP contribution in [0.3, 0.4) is 0 Å². The molecule has 0 bridgehead atoms. The summed E-state index contributed by atoms with van der Waals surface area (Å²) in [5.74, 6) is 0.0903. The Morgan fingerprint density at radius 3 is 2.74 bits per heavy atom. The topological polar surface area (TPSA) is 95.2 Å². The highest BCUT2D eigenvalue weighted by molar-refractivity contribution is 7.90. The largest absolute Gasteiger partial charge is 0.481 e. The molecule has 0 aliphatic carbocycles. The number of aromatic nitrogens is 2. The monoisotopic (exact) mass is 279 g/mol. The molecule has 7 heteroatoms. The standard InChI is InChI=1S/C12H13N3O3S/c1-18-11-6-2-4-9(15-11)8-19(16,17)12-10(13)5-3-7-14-12/h2-7H,8,13H2,1H3. The number of rotatable bonds is 4. The third-order valence-electron chi connectivity index (χ3n) is 2.42. The second kappa shape index (κ2) is 5.23. The number of nitrogen functional groups attached to an aromatic ring is 1. The molecule has 6 nitrogen and oxygen atoms in total. The average molecular weight is 279 g/mol. The van der Waals surface area contributed by atoms with E-state index in [0.29, 0.717) is 11.6 Å². The molecule has 0 aliphatic rings. The summed E-state index contributed by atoms with van der Waals surface area (Å²) >= 11 is 0. The van der Waals surface area contributed by atoms with Crippen LogP contribution in [-0.2, 0) is 15.6 Å². The van der Waals surface area contributed by atoms with E-state index in [-0.39, 0.29) is 16.5 Å². The molecule has 0 saturated heterocycles. The lowest BCUT2D eigenvalue weighted by atomic mass is 10.4. The Hall–Kier alpha value is -2.15. The van der Waals surface area contributed by atoms with Crippen molar-refractivity contribution in [1.29, 1.82) is 0 Å². The van der Waals surface area contributed by atoms with Gasteiger partial charge in [-0.25, -0.2) is 18.4 Å². The third kappa shape index (κ3) is 3.00. The molecule has 2 N–H and O–H groups in total. The van der Waals surface area contributed by atoms with Gasteiger partial charge in [-0.15, -0.1) is 0 Å². The smallest absolute Gasteiger partial charge is 0.213 e. The zero-order chi connectivity index (χ0) is 13.9. The fourth-order valence-corrected chi connectivity index (χ4v) is 2.91. The van der Waals surface area contributed by atoms with Crippen LogP contribution in [0.2, 0.25) is 0 Å². The number of anilines is 1. The summed E-state index contributed by atoms with van der Waals surface area (Å²) in [6.45, 7) is 0. The van der Waals surface area contributed by atoms with Crippen LogP contribution in [0.5, 0.6) is 5.88 Å². The van der Waals surface area contributed by atoms with Gasteiger partial charge in [0.15, 0.2) is 5.03 Å². The lowest BCUT2D eigenvalue weighted by Gasteiger charge is -2.06. The fraction of sp³-hybridized carbons (Fsp3) is 0.167. The van der Waals surface area contributed by atoms with E-state index in [1.54, 1.807) is 24.3 Å². The Kier molecular flexibility index (Phi) is 3.66. The van der Waals surface area contributed by atoms with Crippen molar-refractivity contribution in [2.24, 2.45) is 0 Å². The van der Waals surface area contributed by atoms with Gasteiger partial charge in [-0.05, 0) is 18.2 Å². The lowest BCUT2D eigenvalue weighted by Crippen LogP contribution is -2.11. The van der Waals surface area contributed by atoms with Crippen LogP contribution < -0.4 is 10.5 Å². The number of hydrogen-bond acceptors (Lipinski definition) is 6. The highest BCUT2D eigenvalue weighted by atomic mass is 32.2. The minimum atomic E-state index is -3.62. The van der Waals surface area contributed by atoms with Crippen LogP contribution in [0, 0.1) is 0 Å². The molecule has 0 saturated carbocycles. The Morgan fingerprint density at radius 2 is 2.05 bits per heavy atom.